The molecular formula is C9H11ClN2O2S2. The number of hydrogen-bond acceptors (Lipinski definition) is 6. The average molecular weight is 279 g/mol. The molecule has 0 N–H and O–H groups in total. The van der Waals surface area contributed by atoms with Crippen LogP contribution in [0.25, 0.3) is 0 Å². The molecule has 0 unspecified atom stereocenters. The quantitative estimate of drug-likeness (QED) is 0.357. The number of carbonyl (C=O) groups is 1. The van der Waals surface area contributed by atoms with E-state index < -0.39 is 0 Å². The Hall–Kier alpha value is -0.460. The molecule has 1 heterocycles. The van der Waals surface area contributed by atoms with Gasteiger partial charge in [0.05, 0.1) is 12.4 Å². The number of rotatable bonds is 5. The summed E-state index contributed by atoms with van der Waals surface area (Å²) >= 11 is 8.51. The fraction of sp³-hybridized carbons (Fsp3) is 0.444. The van der Waals surface area contributed by atoms with Crippen LogP contribution in [-0.2, 0) is 9.53 Å². The maximum atomic E-state index is 11.1. The molecule has 0 radical (unpaired) electrons. The van der Waals surface area contributed by atoms with E-state index in [1.807, 2.05) is 6.26 Å². The Bertz CT molecular complexity index is 377. The minimum atomic E-state index is -0.257. The maximum Gasteiger partial charge on any atom is 0.316 e. The van der Waals surface area contributed by atoms with Crippen molar-refractivity contribution < 1.29 is 9.53 Å². The second-order valence-electron chi connectivity index (χ2n) is 2.61. The van der Waals surface area contributed by atoms with Gasteiger partial charge in [0, 0.05) is 6.07 Å². The number of halogens is 1. The molecular weight excluding hydrogens is 268 g/mol. The third-order valence-electron chi connectivity index (χ3n) is 1.48. The molecule has 1 rings (SSSR count). The van der Waals surface area contributed by atoms with Gasteiger partial charge in [-0.25, -0.2) is 9.97 Å². The molecule has 0 saturated heterocycles. The predicted octanol–water partition coefficient (Wildman–Crippen LogP) is 2.51. The fourth-order valence-electron chi connectivity index (χ4n) is 0.878. The van der Waals surface area contributed by atoms with Crippen molar-refractivity contribution in [3.63, 3.8) is 0 Å². The van der Waals surface area contributed by atoms with Crippen LogP contribution in [0.3, 0.4) is 0 Å². The molecule has 0 fully saturated rings. The van der Waals surface area contributed by atoms with Crippen LogP contribution in [0.1, 0.15) is 6.92 Å². The highest BCUT2D eigenvalue weighted by molar-refractivity contribution is 8.00. The Morgan fingerprint density at radius 3 is 2.94 bits per heavy atom. The summed E-state index contributed by atoms with van der Waals surface area (Å²) < 4.78 is 4.81. The van der Waals surface area contributed by atoms with Crippen LogP contribution in [0.2, 0.25) is 5.15 Å². The summed E-state index contributed by atoms with van der Waals surface area (Å²) in [6.45, 7) is 2.16. The van der Waals surface area contributed by atoms with Crippen molar-refractivity contribution in [1.82, 2.24) is 9.97 Å². The Morgan fingerprint density at radius 2 is 2.31 bits per heavy atom. The second-order valence-corrected chi connectivity index (χ2v) is 4.77. The zero-order chi connectivity index (χ0) is 12.0. The van der Waals surface area contributed by atoms with Gasteiger partial charge < -0.3 is 4.74 Å². The van der Waals surface area contributed by atoms with E-state index in [2.05, 4.69) is 9.97 Å². The molecule has 4 nitrogen and oxygen atoms in total. The van der Waals surface area contributed by atoms with Gasteiger partial charge in [0.15, 0.2) is 5.16 Å². The number of thioether (sulfide) groups is 2. The lowest BCUT2D eigenvalue weighted by molar-refractivity contribution is -0.139. The molecule has 0 aliphatic carbocycles. The summed E-state index contributed by atoms with van der Waals surface area (Å²) in [6, 6.07) is 1.63. The molecule has 7 heteroatoms. The number of esters is 1. The molecule has 0 atom stereocenters. The highest BCUT2D eigenvalue weighted by Gasteiger charge is 2.07. The molecule has 0 spiro atoms. The highest BCUT2D eigenvalue weighted by atomic mass is 35.5. The standard InChI is InChI=1S/C9H11ClN2O2S2/c1-3-14-8(13)5-16-7-4-6(10)11-9(12-7)15-2/h4H,3,5H2,1-2H3. The molecule has 0 saturated carbocycles. The highest BCUT2D eigenvalue weighted by Crippen LogP contribution is 2.21. The number of nitrogens with zero attached hydrogens (tertiary/aromatic N) is 2. The van der Waals surface area contributed by atoms with Crippen molar-refractivity contribution >= 4 is 41.1 Å². The minimum Gasteiger partial charge on any atom is -0.465 e. The van der Waals surface area contributed by atoms with E-state index in [-0.39, 0.29) is 11.7 Å². The summed E-state index contributed by atoms with van der Waals surface area (Å²) in [5.74, 6) is -0.0254. The van der Waals surface area contributed by atoms with Gasteiger partial charge in [-0.1, -0.05) is 35.1 Å². The van der Waals surface area contributed by atoms with Gasteiger partial charge in [0.1, 0.15) is 10.2 Å². The summed E-state index contributed by atoms with van der Waals surface area (Å²) in [4.78, 5) is 19.3. The normalized spacial score (nSPS) is 10.2. The van der Waals surface area contributed by atoms with Crippen LogP contribution >= 0.6 is 35.1 Å². The topological polar surface area (TPSA) is 52.1 Å². The van der Waals surface area contributed by atoms with Crippen LogP contribution in [0.5, 0.6) is 0 Å². The van der Waals surface area contributed by atoms with Gasteiger partial charge in [-0.2, -0.15) is 0 Å². The van der Waals surface area contributed by atoms with Gasteiger partial charge in [-0.15, -0.1) is 0 Å². The first-order chi connectivity index (χ1) is 7.65. The third kappa shape index (κ3) is 4.59. The molecule has 0 aliphatic heterocycles. The van der Waals surface area contributed by atoms with Crippen molar-refractivity contribution in [2.45, 2.75) is 17.1 Å². The molecule has 1 aromatic heterocycles. The van der Waals surface area contributed by atoms with Gasteiger partial charge in [-0.3, -0.25) is 4.79 Å². The predicted molar refractivity (Wildman–Crippen MR) is 66.2 cm³/mol. The Labute approximate surface area is 108 Å². The van der Waals surface area contributed by atoms with Crippen molar-refractivity contribution in [1.29, 1.82) is 0 Å². The van der Waals surface area contributed by atoms with Crippen LogP contribution in [0.15, 0.2) is 16.2 Å². The monoisotopic (exact) mass is 278 g/mol. The van der Waals surface area contributed by atoms with E-state index in [0.717, 1.165) is 0 Å². The summed E-state index contributed by atoms with van der Waals surface area (Å²) in [7, 11) is 0. The van der Waals surface area contributed by atoms with Crippen molar-refractivity contribution in [2.24, 2.45) is 0 Å². The van der Waals surface area contributed by atoms with E-state index in [0.29, 0.717) is 21.9 Å². The van der Waals surface area contributed by atoms with Gasteiger partial charge in [0.25, 0.3) is 0 Å². The Balaban J connectivity index is 2.59. The largest absolute Gasteiger partial charge is 0.465 e. The van der Waals surface area contributed by atoms with Gasteiger partial charge in [-0.05, 0) is 13.2 Å². The minimum absolute atomic E-state index is 0.231. The lowest BCUT2D eigenvalue weighted by atomic mass is 10.7. The molecule has 0 amide bonds. The SMILES string of the molecule is CCOC(=O)CSc1cc(Cl)nc(SC)n1. The van der Waals surface area contributed by atoms with Crippen molar-refractivity contribution in [3.05, 3.63) is 11.2 Å². The average Bonchev–Trinajstić information content (AvgIpc) is 2.26. The summed E-state index contributed by atoms with van der Waals surface area (Å²) in [5, 5.41) is 1.65. The zero-order valence-electron chi connectivity index (χ0n) is 8.90. The number of hydrogen-bond donors (Lipinski definition) is 0. The third-order valence-corrected chi connectivity index (χ3v) is 3.10. The smallest absolute Gasteiger partial charge is 0.316 e. The van der Waals surface area contributed by atoms with Crippen LogP contribution in [0, 0.1) is 0 Å². The fourth-order valence-corrected chi connectivity index (χ4v) is 2.31. The Morgan fingerprint density at radius 1 is 1.56 bits per heavy atom. The maximum absolute atomic E-state index is 11.1. The van der Waals surface area contributed by atoms with E-state index in [1.165, 1.54) is 23.5 Å². The Kier molecular flexibility index (Phi) is 5.94. The first kappa shape index (κ1) is 13.6. The first-order valence-electron chi connectivity index (χ1n) is 4.52. The molecule has 0 bridgehead atoms. The number of aromatic nitrogens is 2. The number of carbonyl (C=O) groups excluding carboxylic acids is 1. The van der Waals surface area contributed by atoms with E-state index in [1.54, 1.807) is 13.0 Å². The van der Waals surface area contributed by atoms with Crippen molar-refractivity contribution in [3.8, 4) is 0 Å². The number of ether oxygens (including phenoxy) is 1. The van der Waals surface area contributed by atoms with E-state index in [4.69, 9.17) is 16.3 Å². The van der Waals surface area contributed by atoms with Crippen LogP contribution in [0.4, 0.5) is 0 Å². The lowest BCUT2D eigenvalue weighted by Crippen LogP contribution is -2.06. The van der Waals surface area contributed by atoms with Crippen molar-refractivity contribution in [2.75, 3.05) is 18.6 Å². The molecule has 88 valence electrons. The van der Waals surface area contributed by atoms with Crippen LogP contribution < -0.4 is 0 Å². The lowest BCUT2D eigenvalue weighted by Gasteiger charge is -2.03. The first-order valence-corrected chi connectivity index (χ1v) is 7.11. The summed E-state index contributed by atoms with van der Waals surface area (Å²) in [5.41, 5.74) is 0. The van der Waals surface area contributed by atoms with E-state index >= 15 is 0 Å². The summed E-state index contributed by atoms with van der Waals surface area (Å²) in [6.07, 6.45) is 1.87. The molecule has 16 heavy (non-hydrogen) atoms. The van der Waals surface area contributed by atoms with E-state index in [9.17, 15) is 4.79 Å². The second kappa shape index (κ2) is 6.98. The molecule has 0 aliphatic rings. The van der Waals surface area contributed by atoms with Crippen LogP contribution in [-0.4, -0.2) is 34.6 Å². The molecule has 0 aromatic carbocycles. The molecule has 1 aromatic rings. The zero-order valence-corrected chi connectivity index (χ0v) is 11.3. The van der Waals surface area contributed by atoms with Gasteiger partial charge in [0.2, 0.25) is 0 Å². The van der Waals surface area contributed by atoms with Gasteiger partial charge >= 0.3 is 5.97 Å².